The van der Waals surface area contributed by atoms with Gasteiger partial charge in [0.2, 0.25) is 5.91 Å². The fourth-order valence-corrected chi connectivity index (χ4v) is 3.78. The molecule has 0 unspecified atom stereocenters. The van der Waals surface area contributed by atoms with Crippen LogP contribution in [-0.4, -0.2) is 50.4 Å². The van der Waals surface area contributed by atoms with Gasteiger partial charge in [-0.15, -0.1) is 0 Å². The number of anilines is 1. The minimum atomic E-state index is -3.27. The Labute approximate surface area is 180 Å². The van der Waals surface area contributed by atoms with Gasteiger partial charge in [-0.3, -0.25) is 9.69 Å². The maximum Gasteiger partial charge on any atom is 0.416 e. The molecule has 1 atom stereocenters. The van der Waals surface area contributed by atoms with Gasteiger partial charge in [-0.2, -0.15) is 0 Å². The van der Waals surface area contributed by atoms with Gasteiger partial charge in [0, 0.05) is 39.4 Å². The van der Waals surface area contributed by atoms with Crippen molar-refractivity contribution in [2.75, 3.05) is 32.2 Å². The fraction of sp³-hybridized carbons (Fsp3) is 0.350. The van der Waals surface area contributed by atoms with Crippen LogP contribution in [0.5, 0.6) is 0 Å². The second kappa shape index (κ2) is 10.0. The molecule has 2 N–H and O–H groups in total. The number of pyridine rings is 1. The number of hydrogen-bond acceptors (Lipinski definition) is 7. The van der Waals surface area contributed by atoms with E-state index in [-0.39, 0.29) is 12.5 Å². The molecule has 2 aromatic rings. The molecule has 0 radical (unpaired) electrons. The van der Waals surface area contributed by atoms with Gasteiger partial charge in [0.15, 0.2) is 0 Å². The normalized spacial score (nSPS) is 16.3. The summed E-state index contributed by atoms with van der Waals surface area (Å²) in [5, 5.41) is 5.40. The Hall–Kier alpha value is -2.78. The first-order valence-corrected chi connectivity index (χ1v) is 11.1. The van der Waals surface area contributed by atoms with Crippen molar-refractivity contribution < 1.29 is 27.9 Å². The zero-order valence-corrected chi connectivity index (χ0v) is 18.4. The Balaban J connectivity index is 1.62. The molecule has 1 fully saturated rings. The Morgan fingerprint density at radius 2 is 1.87 bits per heavy atom. The van der Waals surface area contributed by atoms with E-state index in [0.717, 1.165) is 16.7 Å². The first-order chi connectivity index (χ1) is 14.8. The van der Waals surface area contributed by atoms with Crippen molar-refractivity contribution in [3.05, 3.63) is 48.2 Å². The Bertz CT molecular complexity index is 959. The lowest BCUT2D eigenvalue weighted by atomic mass is 10.1. The van der Waals surface area contributed by atoms with Crippen molar-refractivity contribution in [2.24, 2.45) is 0 Å². The predicted octanol–water partition coefficient (Wildman–Crippen LogP) is 2.70. The smallest absolute Gasteiger partial charge is 0.416 e. The van der Waals surface area contributed by atoms with Gasteiger partial charge in [0.05, 0.1) is 13.1 Å². The summed E-state index contributed by atoms with van der Waals surface area (Å²) in [4.78, 5) is 29.0. The highest BCUT2D eigenvalue weighted by atomic mass is 31.2. The van der Waals surface area contributed by atoms with E-state index < -0.39 is 19.9 Å². The zero-order chi connectivity index (χ0) is 22.4. The topological polar surface area (TPSA) is 119 Å². The number of benzene rings is 1. The summed E-state index contributed by atoms with van der Waals surface area (Å²) < 4.78 is 27.0. The standard InChI is InChI=1S/C20H25N4O6P/c1-14(25)21-12-18-13-24(20(26)30-18)19-9-8-17(11-22-19)16-6-4-15(5-7-16)10-23-31(27,28-2)29-3/h4-9,11,18H,10,12-13H2,1-3H3,(H,21,25)(H,23,27)/t18-/m0/s1. The van der Waals surface area contributed by atoms with Crippen molar-refractivity contribution in [3.8, 4) is 11.1 Å². The minimum Gasteiger partial charge on any atom is -0.442 e. The van der Waals surface area contributed by atoms with Crippen molar-refractivity contribution in [2.45, 2.75) is 19.6 Å². The predicted molar refractivity (Wildman–Crippen MR) is 114 cm³/mol. The summed E-state index contributed by atoms with van der Waals surface area (Å²) >= 11 is 0. The first-order valence-electron chi connectivity index (χ1n) is 9.58. The monoisotopic (exact) mass is 448 g/mol. The number of rotatable bonds is 9. The van der Waals surface area contributed by atoms with E-state index in [9.17, 15) is 14.2 Å². The molecule has 0 aliphatic carbocycles. The SMILES string of the molecule is COP(=O)(NCc1ccc(-c2ccc(N3C[C@H](CNC(C)=O)OC3=O)nc2)cc1)OC. The second-order valence-electron chi connectivity index (χ2n) is 6.85. The maximum atomic E-state index is 12.1. The van der Waals surface area contributed by atoms with Crippen LogP contribution in [0.3, 0.4) is 0 Å². The number of nitrogens with one attached hydrogen (secondary N) is 2. The van der Waals surface area contributed by atoms with Crippen molar-refractivity contribution in [1.29, 1.82) is 0 Å². The number of ether oxygens (including phenoxy) is 1. The van der Waals surface area contributed by atoms with E-state index >= 15 is 0 Å². The summed E-state index contributed by atoms with van der Waals surface area (Å²) in [5.41, 5.74) is 2.73. The van der Waals surface area contributed by atoms with Crippen LogP contribution < -0.4 is 15.3 Å². The molecular weight excluding hydrogens is 423 g/mol. The Morgan fingerprint density at radius 1 is 1.19 bits per heavy atom. The van der Waals surface area contributed by atoms with E-state index in [0.29, 0.717) is 18.9 Å². The van der Waals surface area contributed by atoms with E-state index in [1.807, 2.05) is 30.3 Å². The third-order valence-electron chi connectivity index (χ3n) is 4.72. The number of carbonyl (C=O) groups is 2. The van der Waals surface area contributed by atoms with Crippen LogP contribution in [0.4, 0.5) is 10.6 Å². The highest BCUT2D eigenvalue weighted by Crippen LogP contribution is 2.41. The van der Waals surface area contributed by atoms with E-state index in [2.05, 4.69) is 15.4 Å². The molecule has 2 heterocycles. The van der Waals surface area contributed by atoms with Gasteiger partial charge < -0.3 is 19.1 Å². The molecule has 3 rings (SSSR count). The van der Waals surface area contributed by atoms with Crippen molar-refractivity contribution in [3.63, 3.8) is 0 Å². The molecule has 0 spiro atoms. The summed E-state index contributed by atoms with van der Waals surface area (Å²) in [6.45, 7) is 2.32. The van der Waals surface area contributed by atoms with Crippen molar-refractivity contribution >= 4 is 25.6 Å². The van der Waals surface area contributed by atoms with Crippen LogP contribution in [0.1, 0.15) is 12.5 Å². The van der Waals surface area contributed by atoms with Crippen LogP contribution in [0.15, 0.2) is 42.6 Å². The largest absolute Gasteiger partial charge is 0.442 e. The summed E-state index contributed by atoms with van der Waals surface area (Å²) in [5.74, 6) is 0.306. The first kappa shape index (κ1) is 22.9. The van der Waals surface area contributed by atoms with Crippen LogP contribution in [0, 0.1) is 0 Å². The van der Waals surface area contributed by atoms with Gasteiger partial charge in [-0.05, 0) is 23.3 Å². The minimum absolute atomic E-state index is 0.176. The number of amides is 2. The molecule has 1 saturated heterocycles. The molecule has 1 aliphatic rings. The number of hydrogen-bond donors (Lipinski definition) is 2. The van der Waals surface area contributed by atoms with Gasteiger partial charge in [0.25, 0.3) is 0 Å². The Morgan fingerprint density at radius 3 is 2.45 bits per heavy atom. The fourth-order valence-electron chi connectivity index (χ4n) is 3.00. The van der Waals surface area contributed by atoms with Crippen LogP contribution in [0.2, 0.25) is 0 Å². The number of aromatic nitrogens is 1. The number of carbonyl (C=O) groups excluding carboxylic acids is 2. The highest BCUT2D eigenvalue weighted by molar-refractivity contribution is 7.51. The van der Waals surface area contributed by atoms with Gasteiger partial charge in [0.1, 0.15) is 11.9 Å². The zero-order valence-electron chi connectivity index (χ0n) is 17.5. The van der Waals surface area contributed by atoms with Gasteiger partial charge in [-0.1, -0.05) is 24.3 Å². The quantitative estimate of drug-likeness (QED) is 0.562. The molecule has 10 nitrogen and oxygen atoms in total. The lowest BCUT2D eigenvalue weighted by Crippen LogP contribution is -2.33. The molecule has 0 bridgehead atoms. The molecule has 11 heteroatoms. The van der Waals surface area contributed by atoms with Crippen LogP contribution in [-0.2, 0) is 29.7 Å². The number of nitrogens with zero attached hydrogens (tertiary/aromatic N) is 2. The third-order valence-corrected chi connectivity index (χ3v) is 6.23. The van der Waals surface area contributed by atoms with Gasteiger partial charge in [-0.25, -0.2) is 19.4 Å². The van der Waals surface area contributed by atoms with E-state index in [4.69, 9.17) is 13.8 Å². The molecular formula is C20H25N4O6P. The summed E-state index contributed by atoms with van der Waals surface area (Å²) in [7, 11) is -0.632. The summed E-state index contributed by atoms with van der Waals surface area (Å²) in [6, 6.07) is 11.3. The molecule has 1 aliphatic heterocycles. The third kappa shape index (κ3) is 5.89. The van der Waals surface area contributed by atoms with Gasteiger partial charge >= 0.3 is 13.8 Å². The van der Waals surface area contributed by atoms with Crippen LogP contribution >= 0.6 is 7.75 Å². The molecule has 0 saturated carbocycles. The molecule has 1 aromatic heterocycles. The Kier molecular flexibility index (Phi) is 7.40. The highest BCUT2D eigenvalue weighted by Gasteiger charge is 2.33. The second-order valence-corrected chi connectivity index (χ2v) is 8.89. The molecule has 31 heavy (non-hydrogen) atoms. The number of cyclic esters (lactones) is 1. The molecule has 166 valence electrons. The van der Waals surface area contributed by atoms with E-state index in [1.54, 1.807) is 12.3 Å². The summed E-state index contributed by atoms with van der Waals surface area (Å²) in [6.07, 6.45) is 0.781. The maximum absolute atomic E-state index is 12.1. The molecule has 2 amide bonds. The van der Waals surface area contributed by atoms with Crippen molar-refractivity contribution in [1.82, 2.24) is 15.4 Å². The van der Waals surface area contributed by atoms with E-state index in [1.165, 1.54) is 26.0 Å². The van der Waals surface area contributed by atoms with Crippen LogP contribution in [0.25, 0.3) is 11.1 Å². The average Bonchev–Trinajstić information content (AvgIpc) is 3.17. The lowest BCUT2D eigenvalue weighted by molar-refractivity contribution is -0.119. The lowest BCUT2D eigenvalue weighted by Gasteiger charge is -2.15. The molecule has 1 aromatic carbocycles. The average molecular weight is 448 g/mol.